The third kappa shape index (κ3) is 2.51. The second-order valence-corrected chi connectivity index (χ2v) is 4.80. The van der Waals surface area contributed by atoms with Crippen molar-refractivity contribution in [2.45, 2.75) is 13.3 Å². The Bertz CT molecular complexity index is 553. The summed E-state index contributed by atoms with van der Waals surface area (Å²) < 4.78 is 0. The summed E-state index contributed by atoms with van der Waals surface area (Å²) in [5, 5.41) is 11.3. The zero-order valence-electron chi connectivity index (χ0n) is 10.1. The molecule has 0 spiro atoms. The number of hydrogen-bond donors (Lipinski definition) is 1. The van der Waals surface area contributed by atoms with Crippen LogP contribution in [0.25, 0.3) is 5.57 Å². The van der Waals surface area contributed by atoms with Gasteiger partial charge in [-0.05, 0) is 23.4 Å². The maximum atomic E-state index is 11.4. The van der Waals surface area contributed by atoms with Crippen LogP contribution in [0.4, 0.5) is 0 Å². The van der Waals surface area contributed by atoms with E-state index in [1.54, 1.807) is 11.3 Å². The molecule has 3 heteroatoms. The van der Waals surface area contributed by atoms with Crippen LogP contribution in [0.2, 0.25) is 0 Å². The highest BCUT2D eigenvalue weighted by Crippen LogP contribution is 2.31. The Hall–Kier alpha value is -1.87. The van der Waals surface area contributed by atoms with E-state index in [1.807, 2.05) is 54.8 Å². The van der Waals surface area contributed by atoms with Gasteiger partial charge in [-0.1, -0.05) is 43.3 Å². The molecule has 2 rings (SSSR count). The van der Waals surface area contributed by atoms with Crippen LogP contribution in [-0.2, 0) is 4.79 Å². The fourth-order valence-electron chi connectivity index (χ4n) is 1.93. The summed E-state index contributed by atoms with van der Waals surface area (Å²) in [7, 11) is 0. The van der Waals surface area contributed by atoms with Gasteiger partial charge in [0.05, 0.1) is 0 Å². The molecule has 0 atom stereocenters. The number of hydrogen-bond acceptors (Lipinski definition) is 2. The Morgan fingerprint density at radius 2 is 1.89 bits per heavy atom. The number of thiophene rings is 1. The van der Waals surface area contributed by atoms with Crippen molar-refractivity contribution < 1.29 is 9.90 Å². The van der Waals surface area contributed by atoms with Crippen LogP contribution < -0.4 is 0 Å². The third-order valence-corrected chi connectivity index (χ3v) is 3.63. The van der Waals surface area contributed by atoms with Gasteiger partial charge >= 0.3 is 5.97 Å². The number of rotatable bonds is 4. The summed E-state index contributed by atoms with van der Waals surface area (Å²) in [6.45, 7) is 1.88. The number of carbonyl (C=O) groups is 1. The largest absolute Gasteiger partial charge is 0.478 e. The number of carboxylic acid groups (broad SMARTS) is 1. The lowest BCUT2D eigenvalue weighted by Gasteiger charge is -2.10. The van der Waals surface area contributed by atoms with Crippen molar-refractivity contribution in [2.24, 2.45) is 0 Å². The first kappa shape index (κ1) is 12.6. The summed E-state index contributed by atoms with van der Waals surface area (Å²) in [6, 6.07) is 13.6. The van der Waals surface area contributed by atoms with E-state index < -0.39 is 5.97 Å². The van der Waals surface area contributed by atoms with E-state index >= 15 is 0 Å². The van der Waals surface area contributed by atoms with Gasteiger partial charge in [-0.25, -0.2) is 4.79 Å². The molecule has 1 N–H and O–H groups in total. The highest BCUT2D eigenvalue weighted by molar-refractivity contribution is 7.11. The van der Waals surface area contributed by atoms with Crippen molar-refractivity contribution in [3.63, 3.8) is 0 Å². The quantitative estimate of drug-likeness (QED) is 0.840. The van der Waals surface area contributed by atoms with E-state index in [1.165, 1.54) is 0 Å². The van der Waals surface area contributed by atoms with Gasteiger partial charge in [0.25, 0.3) is 0 Å². The molecular weight excluding hydrogens is 244 g/mol. The fraction of sp³-hybridized carbons (Fsp3) is 0.133. The molecule has 0 aliphatic rings. The van der Waals surface area contributed by atoms with E-state index in [4.69, 9.17) is 0 Å². The summed E-state index contributed by atoms with van der Waals surface area (Å²) in [5.41, 5.74) is 2.25. The molecule has 0 bridgehead atoms. The predicted molar refractivity (Wildman–Crippen MR) is 74.7 cm³/mol. The van der Waals surface area contributed by atoms with Crippen LogP contribution >= 0.6 is 11.3 Å². The monoisotopic (exact) mass is 258 g/mol. The summed E-state index contributed by atoms with van der Waals surface area (Å²) in [4.78, 5) is 12.4. The van der Waals surface area contributed by atoms with E-state index in [2.05, 4.69) is 0 Å². The SMILES string of the molecule is CCC(C(=O)O)=C(c1ccccc1)c1cccs1. The van der Waals surface area contributed by atoms with Crippen molar-refractivity contribution in [2.75, 3.05) is 0 Å². The highest BCUT2D eigenvalue weighted by atomic mass is 32.1. The van der Waals surface area contributed by atoms with Gasteiger partial charge in [-0.3, -0.25) is 0 Å². The lowest BCUT2D eigenvalue weighted by molar-refractivity contribution is -0.132. The highest BCUT2D eigenvalue weighted by Gasteiger charge is 2.16. The standard InChI is InChI=1S/C15H14O2S/c1-2-12(15(16)17)14(13-9-6-10-18-13)11-7-4-3-5-8-11/h3-10H,2H2,1H3,(H,16,17). The minimum atomic E-state index is -0.843. The molecule has 1 aromatic carbocycles. The lowest BCUT2D eigenvalue weighted by Crippen LogP contribution is -2.03. The molecule has 0 aliphatic carbocycles. The van der Waals surface area contributed by atoms with Crippen molar-refractivity contribution >= 4 is 22.9 Å². The first-order valence-corrected chi connectivity index (χ1v) is 6.67. The average Bonchev–Trinajstić information content (AvgIpc) is 2.89. The van der Waals surface area contributed by atoms with Crippen molar-refractivity contribution in [1.29, 1.82) is 0 Å². The summed E-state index contributed by atoms with van der Waals surface area (Å²) >= 11 is 1.57. The topological polar surface area (TPSA) is 37.3 Å². The van der Waals surface area contributed by atoms with Crippen LogP contribution in [-0.4, -0.2) is 11.1 Å². The lowest BCUT2D eigenvalue weighted by atomic mass is 9.97. The molecule has 0 saturated carbocycles. The van der Waals surface area contributed by atoms with Crippen molar-refractivity contribution in [3.8, 4) is 0 Å². The Balaban J connectivity index is 2.65. The summed E-state index contributed by atoms with van der Waals surface area (Å²) in [6.07, 6.45) is 0.511. The molecule has 2 aromatic rings. The minimum Gasteiger partial charge on any atom is -0.478 e. The first-order chi connectivity index (χ1) is 8.74. The van der Waals surface area contributed by atoms with E-state index in [-0.39, 0.29) is 0 Å². The molecule has 0 amide bonds. The van der Waals surface area contributed by atoms with Gasteiger partial charge < -0.3 is 5.11 Å². The zero-order chi connectivity index (χ0) is 13.0. The minimum absolute atomic E-state index is 0.462. The molecule has 18 heavy (non-hydrogen) atoms. The third-order valence-electron chi connectivity index (χ3n) is 2.74. The van der Waals surface area contributed by atoms with E-state index in [9.17, 15) is 9.90 Å². The molecule has 0 radical (unpaired) electrons. The van der Waals surface area contributed by atoms with Crippen LogP contribution in [0, 0.1) is 0 Å². The van der Waals surface area contributed by atoms with Gasteiger partial charge in [-0.2, -0.15) is 0 Å². The molecule has 0 saturated heterocycles. The Morgan fingerprint density at radius 3 is 2.39 bits per heavy atom. The van der Waals surface area contributed by atoms with Crippen LogP contribution in [0.3, 0.4) is 0 Å². The van der Waals surface area contributed by atoms with Gasteiger partial charge in [0.2, 0.25) is 0 Å². The number of aliphatic carboxylic acids is 1. The van der Waals surface area contributed by atoms with Crippen molar-refractivity contribution in [3.05, 3.63) is 63.9 Å². The summed E-state index contributed by atoms with van der Waals surface area (Å²) in [5.74, 6) is -0.843. The van der Waals surface area contributed by atoms with Crippen LogP contribution in [0.5, 0.6) is 0 Å². The van der Waals surface area contributed by atoms with Gasteiger partial charge in [0, 0.05) is 16.0 Å². The van der Waals surface area contributed by atoms with E-state index in [0.29, 0.717) is 12.0 Å². The molecule has 1 heterocycles. The van der Waals surface area contributed by atoms with Crippen LogP contribution in [0.15, 0.2) is 53.4 Å². The van der Waals surface area contributed by atoms with Crippen LogP contribution in [0.1, 0.15) is 23.8 Å². The molecule has 0 aliphatic heterocycles. The molecule has 0 unspecified atom stereocenters. The van der Waals surface area contributed by atoms with Gasteiger partial charge in [0.1, 0.15) is 0 Å². The Labute approximate surface area is 110 Å². The average molecular weight is 258 g/mol. The molecular formula is C15H14O2S. The normalized spacial score (nSPS) is 12.1. The Morgan fingerprint density at radius 1 is 1.17 bits per heavy atom. The molecule has 1 aromatic heterocycles. The van der Waals surface area contributed by atoms with Crippen molar-refractivity contribution in [1.82, 2.24) is 0 Å². The fourth-order valence-corrected chi connectivity index (χ4v) is 2.75. The number of carboxylic acids is 1. The molecule has 0 fully saturated rings. The number of benzene rings is 1. The van der Waals surface area contributed by atoms with E-state index in [0.717, 1.165) is 16.0 Å². The smallest absolute Gasteiger partial charge is 0.332 e. The predicted octanol–water partition coefficient (Wildman–Crippen LogP) is 4.04. The second kappa shape index (κ2) is 5.65. The molecule has 92 valence electrons. The first-order valence-electron chi connectivity index (χ1n) is 5.79. The maximum Gasteiger partial charge on any atom is 0.332 e. The van der Waals surface area contributed by atoms with Gasteiger partial charge in [-0.15, -0.1) is 11.3 Å². The maximum absolute atomic E-state index is 11.4. The zero-order valence-corrected chi connectivity index (χ0v) is 10.9. The van der Waals surface area contributed by atoms with Gasteiger partial charge in [0.15, 0.2) is 0 Å². The Kier molecular flexibility index (Phi) is 3.95. The molecule has 2 nitrogen and oxygen atoms in total. The second-order valence-electron chi connectivity index (χ2n) is 3.86.